The van der Waals surface area contributed by atoms with E-state index in [1.165, 1.54) is 6.08 Å². The molecule has 2 aliphatic rings. The molecule has 1 aromatic carbocycles. The number of halogens is 1. The van der Waals surface area contributed by atoms with Gasteiger partial charge < -0.3 is 19.3 Å². The molecular weight excluding hydrogens is 344 g/mol. The number of amides is 2. The average Bonchev–Trinajstić information content (AvgIpc) is 2.86. The lowest BCUT2D eigenvalue weighted by molar-refractivity contribution is -0.130. The number of rotatable bonds is 2. The summed E-state index contributed by atoms with van der Waals surface area (Å²) in [5, 5.41) is 0.469. The predicted molar refractivity (Wildman–Crippen MR) is 94.9 cm³/mol. The molecule has 0 saturated carbocycles. The van der Waals surface area contributed by atoms with Crippen molar-refractivity contribution < 1.29 is 19.1 Å². The zero-order valence-electron chi connectivity index (χ0n) is 14.2. The molecule has 6 nitrogen and oxygen atoms in total. The number of fused-ring (bicyclic) bond motifs is 1. The molecule has 2 heterocycles. The highest BCUT2D eigenvalue weighted by molar-refractivity contribution is 6.32. The van der Waals surface area contributed by atoms with Crippen LogP contribution in [0.15, 0.2) is 18.2 Å². The normalized spacial score (nSPS) is 17.5. The lowest BCUT2D eigenvalue weighted by Crippen LogP contribution is -2.35. The molecule has 0 N–H and O–H groups in total. The molecule has 1 fully saturated rings. The Kier molecular flexibility index (Phi) is 5.48. The molecular formula is C18H21ClN2O4. The van der Waals surface area contributed by atoms with Crippen molar-refractivity contribution in [2.75, 3.05) is 39.4 Å². The summed E-state index contributed by atoms with van der Waals surface area (Å²) in [5.74, 6) is 1.12. The Morgan fingerprint density at radius 3 is 2.60 bits per heavy atom. The first-order valence-corrected chi connectivity index (χ1v) is 8.74. The van der Waals surface area contributed by atoms with Crippen LogP contribution in [-0.2, 0) is 9.59 Å². The summed E-state index contributed by atoms with van der Waals surface area (Å²) in [6.45, 7) is 4.98. The zero-order valence-corrected chi connectivity index (χ0v) is 14.9. The molecule has 0 spiro atoms. The van der Waals surface area contributed by atoms with Crippen LogP contribution in [0.1, 0.15) is 18.9 Å². The number of nitrogens with zero attached hydrogens (tertiary/aromatic N) is 2. The van der Waals surface area contributed by atoms with Gasteiger partial charge in [-0.15, -0.1) is 0 Å². The molecule has 2 aliphatic heterocycles. The van der Waals surface area contributed by atoms with Crippen molar-refractivity contribution in [2.24, 2.45) is 0 Å². The minimum atomic E-state index is -0.0728. The molecule has 134 valence electrons. The second-order valence-electron chi connectivity index (χ2n) is 6.05. The van der Waals surface area contributed by atoms with Crippen molar-refractivity contribution in [3.05, 3.63) is 28.8 Å². The summed E-state index contributed by atoms with van der Waals surface area (Å²) in [6.07, 6.45) is 4.04. The quantitative estimate of drug-likeness (QED) is 0.755. The standard InChI is InChI=1S/C18H21ClN2O4/c1-13(22)20-5-2-6-21(8-7-20)17(23)4-3-14-11-15(19)18-16(12-14)24-9-10-25-18/h3-4,11-12H,2,5-10H2,1H3/b4-3+. The molecule has 3 rings (SSSR count). The minimum absolute atomic E-state index is 0.0516. The van der Waals surface area contributed by atoms with Crippen LogP contribution in [0.25, 0.3) is 6.08 Å². The Hall–Kier alpha value is -2.21. The number of carbonyl (C=O) groups excluding carboxylic acids is 2. The highest BCUT2D eigenvalue weighted by Crippen LogP contribution is 2.38. The first-order chi connectivity index (χ1) is 12.0. The van der Waals surface area contributed by atoms with Crippen LogP contribution in [-0.4, -0.2) is 61.0 Å². The third-order valence-electron chi connectivity index (χ3n) is 4.29. The van der Waals surface area contributed by atoms with E-state index in [9.17, 15) is 9.59 Å². The lowest BCUT2D eigenvalue weighted by atomic mass is 10.1. The lowest BCUT2D eigenvalue weighted by Gasteiger charge is -2.20. The van der Waals surface area contributed by atoms with E-state index in [1.807, 2.05) is 6.07 Å². The number of hydrogen-bond donors (Lipinski definition) is 0. The average molecular weight is 365 g/mol. The van der Waals surface area contributed by atoms with E-state index < -0.39 is 0 Å². The maximum absolute atomic E-state index is 12.4. The summed E-state index contributed by atoms with van der Waals surface area (Å²) in [4.78, 5) is 27.4. The fourth-order valence-electron chi connectivity index (χ4n) is 2.95. The third-order valence-corrected chi connectivity index (χ3v) is 4.57. The fourth-order valence-corrected chi connectivity index (χ4v) is 3.23. The van der Waals surface area contributed by atoms with Crippen molar-refractivity contribution in [3.63, 3.8) is 0 Å². The van der Waals surface area contributed by atoms with Gasteiger partial charge in [-0.3, -0.25) is 9.59 Å². The molecule has 7 heteroatoms. The fraction of sp³-hybridized carbons (Fsp3) is 0.444. The van der Waals surface area contributed by atoms with Gasteiger partial charge in [0.05, 0.1) is 5.02 Å². The Balaban J connectivity index is 1.66. The van der Waals surface area contributed by atoms with Crippen molar-refractivity contribution in [1.29, 1.82) is 0 Å². The van der Waals surface area contributed by atoms with Gasteiger partial charge in [-0.2, -0.15) is 0 Å². The van der Waals surface area contributed by atoms with E-state index in [4.69, 9.17) is 21.1 Å². The molecule has 1 saturated heterocycles. The molecule has 0 unspecified atom stereocenters. The third kappa shape index (κ3) is 4.25. The van der Waals surface area contributed by atoms with Gasteiger partial charge in [-0.05, 0) is 30.2 Å². The van der Waals surface area contributed by atoms with Crippen LogP contribution >= 0.6 is 11.6 Å². The molecule has 25 heavy (non-hydrogen) atoms. The van der Waals surface area contributed by atoms with Gasteiger partial charge in [0.15, 0.2) is 11.5 Å². The molecule has 0 aromatic heterocycles. The monoisotopic (exact) mass is 364 g/mol. The maximum atomic E-state index is 12.4. The van der Waals surface area contributed by atoms with E-state index in [-0.39, 0.29) is 11.8 Å². The van der Waals surface area contributed by atoms with Crippen LogP contribution in [0.3, 0.4) is 0 Å². The topological polar surface area (TPSA) is 59.1 Å². The van der Waals surface area contributed by atoms with Crippen LogP contribution < -0.4 is 9.47 Å². The minimum Gasteiger partial charge on any atom is -0.486 e. The van der Waals surface area contributed by atoms with Crippen molar-refractivity contribution in [3.8, 4) is 11.5 Å². The number of ether oxygens (including phenoxy) is 2. The van der Waals surface area contributed by atoms with Gasteiger partial charge >= 0.3 is 0 Å². The van der Waals surface area contributed by atoms with E-state index in [0.717, 1.165) is 12.0 Å². The second kappa shape index (κ2) is 7.78. The van der Waals surface area contributed by atoms with E-state index >= 15 is 0 Å². The highest BCUT2D eigenvalue weighted by atomic mass is 35.5. The Morgan fingerprint density at radius 2 is 1.80 bits per heavy atom. The molecule has 0 atom stereocenters. The number of benzene rings is 1. The van der Waals surface area contributed by atoms with Crippen LogP contribution in [0.5, 0.6) is 11.5 Å². The van der Waals surface area contributed by atoms with E-state index in [2.05, 4.69) is 0 Å². The summed E-state index contributed by atoms with van der Waals surface area (Å²) in [7, 11) is 0. The van der Waals surface area contributed by atoms with E-state index in [0.29, 0.717) is 55.9 Å². The van der Waals surface area contributed by atoms with Gasteiger partial charge in [-0.25, -0.2) is 0 Å². The molecule has 1 aromatic rings. The molecule has 0 bridgehead atoms. The van der Waals surface area contributed by atoms with Gasteiger partial charge in [0, 0.05) is 39.2 Å². The summed E-state index contributed by atoms with van der Waals surface area (Å²) in [5.41, 5.74) is 0.780. The van der Waals surface area contributed by atoms with E-state index in [1.54, 1.807) is 28.9 Å². The van der Waals surface area contributed by atoms with Gasteiger partial charge in [0.1, 0.15) is 13.2 Å². The number of hydrogen-bond acceptors (Lipinski definition) is 4. The Labute approximate surface area is 151 Å². The highest BCUT2D eigenvalue weighted by Gasteiger charge is 2.19. The first-order valence-electron chi connectivity index (χ1n) is 8.36. The SMILES string of the molecule is CC(=O)N1CCCN(C(=O)/C=C/c2cc(Cl)c3c(c2)OCCO3)CC1. The second-order valence-corrected chi connectivity index (χ2v) is 6.45. The van der Waals surface area contributed by atoms with Crippen LogP contribution in [0.2, 0.25) is 5.02 Å². The van der Waals surface area contributed by atoms with Crippen LogP contribution in [0.4, 0.5) is 0 Å². The Morgan fingerprint density at radius 1 is 1.08 bits per heavy atom. The molecule has 2 amide bonds. The number of carbonyl (C=O) groups is 2. The predicted octanol–water partition coefficient (Wildman–Crippen LogP) is 2.21. The smallest absolute Gasteiger partial charge is 0.246 e. The first kappa shape index (κ1) is 17.6. The van der Waals surface area contributed by atoms with Gasteiger partial charge in [0.25, 0.3) is 0 Å². The van der Waals surface area contributed by atoms with Crippen molar-refractivity contribution in [2.45, 2.75) is 13.3 Å². The largest absolute Gasteiger partial charge is 0.486 e. The zero-order chi connectivity index (χ0) is 17.8. The van der Waals surface area contributed by atoms with Gasteiger partial charge in [0.2, 0.25) is 11.8 Å². The van der Waals surface area contributed by atoms with Crippen molar-refractivity contribution >= 4 is 29.5 Å². The maximum Gasteiger partial charge on any atom is 0.246 e. The summed E-state index contributed by atoms with van der Waals surface area (Å²) in [6, 6.07) is 3.56. The summed E-state index contributed by atoms with van der Waals surface area (Å²) < 4.78 is 11.0. The summed E-state index contributed by atoms with van der Waals surface area (Å²) >= 11 is 6.21. The Bertz CT molecular complexity index is 705. The molecule has 0 radical (unpaired) electrons. The van der Waals surface area contributed by atoms with Crippen molar-refractivity contribution in [1.82, 2.24) is 9.80 Å². The molecule has 0 aliphatic carbocycles. The van der Waals surface area contributed by atoms with Gasteiger partial charge in [-0.1, -0.05) is 11.6 Å². The van der Waals surface area contributed by atoms with Crippen LogP contribution in [0, 0.1) is 0 Å².